The Labute approximate surface area is 173 Å². The van der Waals surface area contributed by atoms with Crippen LogP contribution in [0.3, 0.4) is 0 Å². The quantitative estimate of drug-likeness (QED) is 0.686. The van der Waals surface area contributed by atoms with Crippen LogP contribution >= 0.6 is 0 Å². The molecule has 1 amide bonds. The standard InChI is InChI=1S/C21H37N5O3/c1-5-25-19(22-26(21(25)28)14-15-29-4)18-8-12-23(13-9-18)17(3)20(27)24-10-6-16(2)7-11-24/h16-18H,5-15H2,1-4H3. The molecule has 2 fully saturated rings. The van der Waals surface area contributed by atoms with Gasteiger partial charge in [-0.3, -0.25) is 14.3 Å². The molecule has 1 aromatic rings. The number of ether oxygens (including phenoxy) is 1. The molecule has 0 aliphatic carbocycles. The van der Waals surface area contributed by atoms with E-state index in [1.54, 1.807) is 11.7 Å². The number of piperidine rings is 2. The van der Waals surface area contributed by atoms with Crippen LogP contribution in [0.25, 0.3) is 0 Å². The molecule has 0 spiro atoms. The van der Waals surface area contributed by atoms with Crippen molar-refractivity contribution in [3.8, 4) is 0 Å². The molecule has 29 heavy (non-hydrogen) atoms. The second-order valence-corrected chi connectivity index (χ2v) is 8.59. The van der Waals surface area contributed by atoms with Gasteiger partial charge in [-0.15, -0.1) is 0 Å². The minimum atomic E-state index is -0.0722. The van der Waals surface area contributed by atoms with Gasteiger partial charge < -0.3 is 9.64 Å². The molecule has 1 unspecified atom stereocenters. The zero-order valence-electron chi connectivity index (χ0n) is 18.5. The van der Waals surface area contributed by atoms with Crippen molar-refractivity contribution in [2.24, 2.45) is 5.92 Å². The molecule has 0 saturated carbocycles. The minimum Gasteiger partial charge on any atom is -0.383 e. The van der Waals surface area contributed by atoms with Crippen molar-refractivity contribution in [1.82, 2.24) is 24.1 Å². The summed E-state index contributed by atoms with van der Waals surface area (Å²) < 4.78 is 8.41. The second kappa shape index (κ2) is 9.89. The van der Waals surface area contributed by atoms with E-state index in [1.807, 2.05) is 18.7 Å². The van der Waals surface area contributed by atoms with Gasteiger partial charge in [0.25, 0.3) is 0 Å². The van der Waals surface area contributed by atoms with E-state index in [0.717, 1.165) is 63.6 Å². The minimum absolute atomic E-state index is 0.0511. The fourth-order valence-electron chi connectivity index (χ4n) is 4.57. The highest BCUT2D eigenvalue weighted by atomic mass is 16.5. The monoisotopic (exact) mass is 407 g/mol. The number of hydrogen-bond acceptors (Lipinski definition) is 5. The second-order valence-electron chi connectivity index (χ2n) is 8.59. The summed E-state index contributed by atoms with van der Waals surface area (Å²) in [6.45, 7) is 11.4. The Bertz CT molecular complexity index is 727. The number of aromatic nitrogens is 3. The predicted molar refractivity (Wildman–Crippen MR) is 112 cm³/mol. The van der Waals surface area contributed by atoms with E-state index >= 15 is 0 Å². The number of rotatable bonds is 7. The van der Waals surface area contributed by atoms with E-state index in [-0.39, 0.29) is 23.6 Å². The molecule has 2 saturated heterocycles. The molecule has 0 aromatic carbocycles. The van der Waals surface area contributed by atoms with Crippen molar-refractivity contribution in [3.63, 3.8) is 0 Å². The van der Waals surface area contributed by atoms with Crippen LogP contribution in [0.4, 0.5) is 0 Å². The first kappa shape index (κ1) is 22.0. The molecule has 1 aromatic heterocycles. The number of hydrogen-bond donors (Lipinski definition) is 0. The van der Waals surface area contributed by atoms with E-state index in [4.69, 9.17) is 4.74 Å². The lowest BCUT2D eigenvalue weighted by atomic mass is 9.94. The average Bonchev–Trinajstić information content (AvgIpc) is 3.07. The van der Waals surface area contributed by atoms with Crippen molar-refractivity contribution in [2.45, 2.75) is 71.5 Å². The van der Waals surface area contributed by atoms with Crippen LogP contribution in [0.15, 0.2) is 4.79 Å². The Hall–Kier alpha value is -1.67. The van der Waals surface area contributed by atoms with Crippen LogP contribution < -0.4 is 5.69 Å². The largest absolute Gasteiger partial charge is 0.383 e. The molecular formula is C21H37N5O3. The maximum Gasteiger partial charge on any atom is 0.345 e. The van der Waals surface area contributed by atoms with Crippen LogP contribution in [-0.4, -0.2) is 76.0 Å². The van der Waals surface area contributed by atoms with Gasteiger partial charge in [-0.25, -0.2) is 9.48 Å². The lowest BCUT2D eigenvalue weighted by molar-refractivity contribution is -0.138. The first-order valence-corrected chi connectivity index (χ1v) is 11.2. The van der Waals surface area contributed by atoms with Gasteiger partial charge >= 0.3 is 5.69 Å². The highest BCUT2D eigenvalue weighted by Crippen LogP contribution is 2.28. The summed E-state index contributed by atoms with van der Waals surface area (Å²) in [4.78, 5) is 29.8. The number of amides is 1. The molecule has 2 aliphatic rings. The summed E-state index contributed by atoms with van der Waals surface area (Å²) in [7, 11) is 1.63. The smallest absolute Gasteiger partial charge is 0.345 e. The van der Waals surface area contributed by atoms with Crippen LogP contribution in [0.2, 0.25) is 0 Å². The van der Waals surface area contributed by atoms with Crippen molar-refractivity contribution < 1.29 is 9.53 Å². The van der Waals surface area contributed by atoms with Gasteiger partial charge in [-0.05, 0) is 58.5 Å². The molecule has 3 heterocycles. The molecule has 0 bridgehead atoms. The van der Waals surface area contributed by atoms with Gasteiger partial charge in [0, 0.05) is 32.7 Å². The van der Waals surface area contributed by atoms with E-state index in [1.165, 1.54) is 4.68 Å². The maximum atomic E-state index is 12.9. The van der Waals surface area contributed by atoms with Gasteiger partial charge in [0.2, 0.25) is 5.91 Å². The van der Waals surface area contributed by atoms with E-state index in [2.05, 4.69) is 16.9 Å². The number of carbonyl (C=O) groups excluding carboxylic acids is 1. The molecule has 0 radical (unpaired) electrons. The average molecular weight is 408 g/mol. The SMILES string of the molecule is CCn1c(C2CCN(C(C)C(=O)N3CCC(C)CC3)CC2)nn(CCOC)c1=O. The first-order chi connectivity index (χ1) is 14.0. The Morgan fingerprint density at radius 2 is 1.83 bits per heavy atom. The highest BCUT2D eigenvalue weighted by Gasteiger charge is 2.32. The summed E-state index contributed by atoms with van der Waals surface area (Å²) in [6.07, 6.45) is 4.08. The summed E-state index contributed by atoms with van der Waals surface area (Å²) in [5, 5.41) is 4.62. The van der Waals surface area contributed by atoms with Crippen molar-refractivity contribution in [1.29, 1.82) is 0 Å². The van der Waals surface area contributed by atoms with E-state index in [9.17, 15) is 9.59 Å². The Kier molecular flexibility index (Phi) is 7.51. The van der Waals surface area contributed by atoms with Crippen LogP contribution in [0.5, 0.6) is 0 Å². The third kappa shape index (κ3) is 4.91. The predicted octanol–water partition coefficient (Wildman–Crippen LogP) is 1.54. The Morgan fingerprint density at radius 1 is 1.17 bits per heavy atom. The zero-order valence-corrected chi connectivity index (χ0v) is 18.5. The number of methoxy groups -OCH3 is 1. The van der Waals surface area contributed by atoms with E-state index in [0.29, 0.717) is 19.7 Å². The lowest BCUT2D eigenvalue weighted by Crippen LogP contribution is -2.51. The van der Waals surface area contributed by atoms with Gasteiger partial charge in [-0.1, -0.05) is 6.92 Å². The lowest BCUT2D eigenvalue weighted by Gasteiger charge is -2.38. The van der Waals surface area contributed by atoms with Crippen LogP contribution in [0, 0.1) is 5.92 Å². The number of nitrogens with zero attached hydrogens (tertiary/aromatic N) is 5. The van der Waals surface area contributed by atoms with Gasteiger partial charge in [0.1, 0.15) is 5.82 Å². The fraction of sp³-hybridized carbons (Fsp3) is 0.857. The van der Waals surface area contributed by atoms with Gasteiger partial charge in [0.15, 0.2) is 0 Å². The van der Waals surface area contributed by atoms with Crippen LogP contribution in [0.1, 0.15) is 58.2 Å². The molecular weight excluding hydrogens is 370 g/mol. The molecule has 8 nitrogen and oxygen atoms in total. The van der Waals surface area contributed by atoms with Gasteiger partial charge in [0.05, 0.1) is 19.2 Å². The molecule has 1 atom stereocenters. The van der Waals surface area contributed by atoms with Gasteiger partial charge in [-0.2, -0.15) is 5.10 Å². The normalized spacial score (nSPS) is 20.9. The van der Waals surface area contributed by atoms with Crippen LogP contribution in [-0.2, 0) is 22.6 Å². The summed E-state index contributed by atoms with van der Waals surface area (Å²) in [5.74, 6) is 2.15. The molecule has 0 N–H and O–H groups in total. The molecule has 8 heteroatoms. The summed E-state index contributed by atoms with van der Waals surface area (Å²) in [5.41, 5.74) is -0.0511. The molecule has 2 aliphatic heterocycles. The molecule has 3 rings (SSSR count). The third-order valence-electron chi connectivity index (χ3n) is 6.67. The fourth-order valence-corrected chi connectivity index (χ4v) is 4.57. The topological polar surface area (TPSA) is 72.6 Å². The summed E-state index contributed by atoms with van der Waals surface area (Å²) >= 11 is 0. The summed E-state index contributed by atoms with van der Waals surface area (Å²) in [6, 6.07) is -0.0722. The number of likely N-dealkylation sites (tertiary alicyclic amines) is 2. The molecule has 164 valence electrons. The zero-order chi connectivity index (χ0) is 21.0. The maximum absolute atomic E-state index is 12.9. The van der Waals surface area contributed by atoms with Crippen molar-refractivity contribution in [3.05, 3.63) is 16.3 Å². The first-order valence-electron chi connectivity index (χ1n) is 11.2. The van der Waals surface area contributed by atoms with Crippen molar-refractivity contribution >= 4 is 5.91 Å². The third-order valence-corrected chi connectivity index (χ3v) is 6.67. The van der Waals surface area contributed by atoms with Crippen molar-refractivity contribution in [2.75, 3.05) is 39.9 Å². The highest BCUT2D eigenvalue weighted by molar-refractivity contribution is 5.81. The Morgan fingerprint density at radius 3 is 2.41 bits per heavy atom. The van der Waals surface area contributed by atoms with E-state index < -0.39 is 0 Å². The number of carbonyl (C=O) groups is 1. The Balaban J connectivity index is 1.60.